The van der Waals surface area contributed by atoms with E-state index in [2.05, 4.69) is 120 Å². The third-order valence-electron chi connectivity index (χ3n) is 5.55. The van der Waals surface area contributed by atoms with Gasteiger partial charge >= 0.3 is 0 Å². The van der Waals surface area contributed by atoms with Crippen molar-refractivity contribution in [3.63, 3.8) is 0 Å². The Morgan fingerprint density at radius 1 is 0.333 bits per heavy atom. The molecule has 0 aliphatic carbocycles. The SMILES string of the molecule is CCP(CC)C(C)P.CCP(CC)C(C)P.CCP(CC)C(C)P.CCP(CC)C(C)P.Cl.Cl.Cl.Cl. The van der Waals surface area contributed by atoms with Crippen molar-refractivity contribution < 1.29 is 0 Å². The van der Waals surface area contributed by atoms with Crippen LogP contribution >= 0.6 is 118 Å². The Kier molecular flexibility index (Phi) is 73.3. The predicted molar refractivity (Wildman–Crippen MR) is 218 cm³/mol. The van der Waals surface area contributed by atoms with Gasteiger partial charge in [0.15, 0.2) is 0 Å². The van der Waals surface area contributed by atoms with Crippen LogP contribution in [0.2, 0.25) is 0 Å². The molecule has 232 valence electrons. The second-order valence-corrected chi connectivity index (χ2v) is 27.1. The van der Waals surface area contributed by atoms with Crippen LogP contribution in [0, 0.1) is 0 Å². The summed E-state index contributed by atoms with van der Waals surface area (Å²) >= 11 is 0. The Balaban J connectivity index is -0.0000000467. The fourth-order valence-corrected chi connectivity index (χ4v) is 14.7. The minimum atomic E-state index is 0. The molecule has 0 saturated heterocycles. The van der Waals surface area contributed by atoms with Crippen molar-refractivity contribution in [2.45, 2.75) is 105 Å². The third kappa shape index (κ3) is 40.7. The van der Waals surface area contributed by atoms with Gasteiger partial charge in [0.2, 0.25) is 0 Å². The first-order valence-corrected chi connectivity index (χ1v) is 22.7. The minimum absolute atomic E-state index is 0. The van der Waals surface area contributed by atoms with Gasteiger partial charge in [0.25, 0.3) is 0 Å². The molecule has 0 aromatic heterocycles. The summed E-state index contributed by atoms with van der Waals surface area (Å²) in [6, 6.07) is 0. The van der Waals surface area contributed by atoms with E-state index in [0.717, 1.165) is 21.6 Å². The van der Waals surface area contributed by atoms with Gasteiger partial charge in [-0.1, -0.05) is 83.1 Å². The highest BCUT2D eigenvalue weighted by atomic mass is 35.5. The van der Waals surface area contributed by atoms with Crippen molar-refractivity contribution in [3.05, 3.63) is 0 Å². The van der Waals surface area contributed by atoms with E-state index in [1.54, 1.807) is 0 Å². The number of rotatable bonds is 12. The van der Waals surface area contributed by atoms with Gasteiger partial charge < -0.3 is 0 Å². The Morgan fingerprint density at radius 2 is 0.417 bits per heavy atom. The van der Waals surface area contributed by atoms with Gasteiger partial charge in [0.1, 0.15) is 0 Å². The Bertz CT molecular complexity index is 276. The quantitative estimate of drug-likeness (QED) is 0.175. The van der Waals surface area contributed by atoms with Crippen LogP contribution in [0.15, 0.2) is 0 Å². The van der Waals surface area contributed by atoms with Gasteiger partial charge in [-0.05, 0) is 70.9 Å². The van der Waals surface area contributed by atoms with Crippen LogP contribution in [-0.2, 0) is 0 Å². The highest BCUT2D eigenvalue weighted by Gasteiger charge is 2.07. The molecule has 0 spiro atoms. The lowest BCUT2D eigenvalue weighted by molar-refractivity contribution is 1.30. The van der Waals surface area contributed by atoms with E-state index < -0.39 is 0 Å². The van der Waals surface area contributed by atoms with Gasteiger partial charge in [-0.3, -0.25) is 0 Å². The van der Waals surface area contributed by atoms with Crippen LogP contribution < -0.4 is 0 Å². The Hall–Kier alpha value is 4.60. The predicted octanol–water partition coefficient (Wildman–Crippen LogP) is 12.6. The van der Waals surface area contributed by atoms with E-state index in [1.807, 2.05) is 0 Å². The average Bonchev–Trinajstić information content (AvgIpc) is 2.72. The van der Waals surface area contributed by atoms with Gasteiger partial charge in [0.05, 0.1) is 0 Å². The fourth-order valence-electron chi connectivity index (χ4n) is 3.20. The molecule has 0 fully saturated rings. The molecule has 0 rings (SSSR count). The second kappa shape index (κ2) is 44.0. The normalized spacial score (nSPS) is 13.0. The molecule has 12 heteroatoms. The summed E-state index contributed by atoms with van der Waals surface area (Å²) in [5, 5.41) is 3.44. The summed E-state index contributed by atoms with van der Waals surface area (Å²) < 4.78 is 0. The van der Waals surface area contributed by atoms with Crippen LogP contribution in [0.5, 0.6) is 0 Å². The molecule has 0 nitrogen and oxygen atoms in total. The highest BCUT2D eigenvalue weighted by molar-refractivity contribution is 7.66. The van der Waals surface area contributed by atoms with E-state index in [4.69, 9.17) is 0 Å². The van der Waals surface area contributed by atoms with E-state index >= 15 is 0 Å². The molecule has 0 aliphatic rings. The highest BCUT2D eigenvalue weighted by Crippen LogP contribution is 2.44. The smallest absolute Gasteiger partial charge is 0.00905 e. The van der Waals surface area contributed by atoms with Crippen molar-refractivity contribution >= 4 is 118 Å². The maximum atomic E-state index is 2.89. The Morgan fingerprint density at radius 3 is 0.417 bits per heavy atom. The molecule has 0 saturated carbocycles. The molecular weight excluding hydrogens is 678 g/mol. The lowest BCUT2D eigenvalue weighted by Crippen LogP contribution is -1.92. The van der Waals surface area contributed by atoms with Gasteiger partial charge in [-0.25, -0.2) is 0 Å². The van der Waals surface area contributed by atoms with Crippen LogP contribution in [0.1, 0.15) is 83.1 Å². The maximum absolute atomic E-state index is 2.89. The summed E-state index contributed by atoms with van der Waals surface area (Å²) in [6.07, 6.45) is 11.1. The van der Waals surface area contributed by atoms with Gasteiger partial charge in [-0.2, -0.15) is 0 Å². The minimum Gasteiger partial charge on any atom is -0.147 e. The van der Waals surface area contributed by atoms with Gasteiger partial charge in [-0.15, -0.1) is 118 Å². The monoisotopic (exact) mass is 744 g/mol. The van der Waals surface area contributed by atoms with E-state index in [0.29, 0.717) is 31.7 Å². The lowest BCUT2D eigenvalue weighted by atomic mass is 10.9. The first-order chi connectivity index (χ1) is 14.9. The summed E-state index contributed by atoms with van der Waals surface area (Å²) in [7, 11) is 13.0. The van der Waals surface area contributed by atoms with Crippen molar-refractivity contribution in [1.29, 1.82) is 0 Å². The zero-order valence-electron chi connectivity index (χ0n) is 25.7. The summed E-state index contributed by atoms with van der Waals surface area (Å²) in [5.41, 5.74) is 0. The van der Waals surface area contributed by atoms with E-state index in [-0.39, 0.29) is 49.6 Å². The van der Waals surface area contributed by atoms with Crippen molar-refractivity contribution in [2.75, 3.05) is 49.3 Å². The molecular formula is C24H68Cl4P8. The summed E-state index contributed by atoms with van der Waals surface area (Å²) in [4.78, 5) is 0. The van der Waals surface area contributed by atoms with Gasteiger partial charge in [0, 0.05) is 0 Å². The molecule has 0 aromatic carbocycles. The molecule has 0 radical (unpaired) electrons. The van der Waals surface area contributed by atoms with Crippen LogP contribution in [0.3, 0.4) is 0 Å². The molecule has 0 N–H and O–H groups in total. The standard InChI is InChI=1S/4C6H16P2.4ClH/c4*1-4-8(5-2)6(3)7;;;;/h4*6H,4-5,7H2,1-3H3;4*1H. The average molecular weight is 746 g/mol. The maximum Gasteiger partial charge on any atom is -0.00905 e. The zero-order chi connectivity index (χ0) is 26.3. The van der Waals surface area contributed by atoms with Crippen LogP contribution in [0.4, 0.5) is 0 Å². The second-order valence-electron chi connectivity index (χ2n) is 7.85. The van der Waals surface area contributed by atoms with E-state index in [9.17, 15) is 0 Å². The number of halogens is 4. The molecule has 36 heavy (non-hydrogen) atoms. The molecule has 0 heterocycles. The molecule has 0 amide bonds. The topological polar surface area (TPSA) is 0 Å². The third-order valence-corrected chi connectivity index (χ3v) is 21.7. The van der Waals surface area contributed by atoms with Crippen LogP contribution in [0.25, 0.3) is 0 Å². The molecule has 0 aliphatic heterocycles. The van der Waals surface area contributed by atoms with Crippen LogP contribution in [-0.4, -0.2) is 70.9 Å². The molecule has 8 unspecified atom stereocenters. The van der Waals surface area contributed by atoms with Crippen molar-refractivity contribution in [2.24, 2.45) is 0 Å². The molecule has 0 aromatic rings. The lowest BCUT2D eigenvalue weighted by Gasteiger charge is -2.16. The van der Waals surface area contributed by atoms with Crippen molar-refractivity contribution in [1.82, 2.24) is 0 Å². The Labute approximate surface area is 270 Å². The molecule has 8 atom stereocenters. The molecule has 0 bridgehead atoms. The van der Waals surface area contributed by atoms with Crippen molar-refractivity contribution in [3.8, 4) is 0 Å². The van der Waals surface area contributed by atoms with E-state index in [1.165, 1.54) is 49.3 Å². The number of hydrogen-bond acceptors (Lipinski definition) is 0. The zero-order valence-corrected chi connectivity index (χ0v) is 37.2. The number of hydrogen-bond donors (Lipinski definition) is 0. The first kappa shape index (κ1) is 59.9. The first-order valence-electron chi connectivity index (χ1n) is 12.9. The summed E-state index contributed by atoms with van der Waals surface area (Å²) in [6.45, 7) is 27.5. The largest absolute Gasteiger partial charge is 0.147 e. The summed E-state index contributed by atoms with van der Waals surface area (Å²) in [5.74, 6) is 0. The fraction of sp³-hybridized carbons (Fsp3) is 1.00.